The molecule has 1 spiro atoms. The number of rotatable bonds is 7. The molecule has 1 N–H and O–H groups in total. The average Bonchev–Trinajstić information content (AvgIpc) is 3.24. The molecule has 8 nitrogen and oxygen atoms in total. The fourth-order valence-electron chi connectivity index (χ4n) is 6.51. The van der Waals surface area contributed by atoms with E-state index in [1.165, 1.54) is 0 Å². The molecule has 2 amide bonds. The molecule has 4 aliphatic heterocycles. The third kappa shape index (κ3) is 4.46. The summed E-state index contributed by atoms with van der Waals surface area (Å²) in [5.74, 6) is -2.80. The highest BCUT2D eigenvalue weighted by Crippen LogP contribution is 2.57. The Hall–Kier alpha value is -2.68. The third-order valence-electron chi connectivity index (χ3n) is 8.20. The molecule has 0 bridgehead atoms. The monoisotopic (exact) mass is 542 g/mol. The number of carbonyl (C=O) groups is 3. The predicted molar refractivity (Wildman–Crippen MR) is 143 cm³/mol. The largest absolute Gasteiger partial charge is 0.465 e. The molecule has 0 saturated carbocycles. The van der Waals surface area contributed by atoms with Crippen LogP contribution < -0.4 is 4.90 Å². The third-order valence-corrected chi connectivity index (χ3v) is 8.52. The Balaban J connectivity index is 1.58. The van der Waals surface area contributed by atoms with E-state index >= 15 is 0 Å². The van der Waals surface area contributed by atoms with Gasteiger partial charge in [-0.25, -0.2) is 0 Å². The van der Waals surface area contributed by atoms with Crippen molar-refractivity contribution >= 4 is 35.1 Å². The Labute approximate surface area is 228 Å². The van der Waals surface area contributed by atoms with E-state index in [4.69, 9.17) is 26.2 Å². The molecular formula is C29H35ClN2O6. The molecular weight excluding hydrogens is 508 g/mol. The molecule has 1 aromatic rings. The number of likely N-dealkylation sites (tertiary alicyclic amines) is 1. The summed E-state index contributed by atoms with van der Waals surface area (Å²) in [7, 11) is 0. The zero-order valence-electron chi connectivity index (χ0n) is 21.7. The maximum absolute atomic E-state index is 14.4. The maximum atomic E-state index is 14.4. The number of aliphatic hydroxyl groups excluding tert-OH is 1. The number of esters is 1. The molecule has 5 rings (SSSR count). The summed E-state index contributed by atoms with van der Waals surface area (Å²) in [6.45, 7) is 2.82. The van der Waals surface area contributed by atoms with Gasteiger partial charge in [0.2, 0.25) is 5.91 Å². The van der Waals surface area contributed by atoms with Crippen molar-refractivity contribution in [3.8, 4) is 0 Å². The van der Waals surface area contributed by atoms with Gasteiger partial charge in [0.25, 0.3) is 5.91 Å². The van der Waals surface area contributed by atoms with Crippen LogP contribution in [-0.4, -0.2) is 71.3 Å². The number of cyclic esters (lactones) is 1. The molecule has 4 heterocycles. The van der Waals surface area contributed by atoms with E-state index in [9.17, 15) is 14.4 Å². The highest BCUT2D eigenvalue weighted by Gasteiger charge is 2.74. The number of nitrogens with zero attached hydrogens (tertiary/aromatic N) is 2. The van der Waals surface area contributed by atoms with Crippen LogP contribution in [-0.2, 0) is 23.9 Å². The van der Waals surface area contributed by atoms with Crippen molar-refractivity contribution in [2.45, 2.75) is 62.7 Å². The van der Waals surface area contributed by atoms with E-state index in [0.717, 1.165) is 19.3 Å². The number of hydrogen-bond donors (Lipinski definition) is 1. The molecule has 4 aliphatic rings. The molecule has 2 saturated heterocycles. The van der Waals surface area contributed by atoms with Gasteiger partial charge >= 0.3 is 5.97 Å². The van der Waals surface area contributed by atoms with Gasteiger partial charge in [-0.05, 0) is 44.7 Å². The molecule has 9 heteroatoms. The number of hydrogen-bond acceptors (Lipinski definition) is 6. The Bertz CT molecular complexity index is 1150. The zero-order chi connectivity index (χ0) is 26.9. The first kappa shape index (κ1) is 26.9. The van der Waals surface area contributed by atoms with E-state index in [1.54, 1.807) is 28.0 Å². The molecule has 2 fully saturated rings. The van der Waals surface area contributed by atoms with Crippen LogP contribution in [0.4, 0.5) is 5.69 Å². The van der Waals surface area contributed by atoms with Gasteiger partial charge in [0, 0.05) is 19.7 Å². The van der Waals surface area contributed by atoms with E-state index in [-0.39, 0.29) is 31.6 Å². The number of aliphatic hydroxyl groups is 1. The number of carbonyl (C=O) groups excluding carboxylic acids is 3. The van der Waals surface area contributed by atoms with E-state index in [2.05, 4.69) is 0 Å². The smallest absolute Gasteiger partial charge is 0.313 e. The van der Waals surface area contributed by atoms with E-state index in [0.29, 0.717) is 36.5 Å². The quantitative estimate of drug-likeness (QED) is 0.321. The Morgan fingerprint density at radius 3 is 2.61 bits per heavy atom. The van der Waals surface area contributed by atoms with Crippen LogP contribution in [0.5, 0.6) is 0 Å². The van der Waals surface area contributed by atoms with Crippen LogP contribution in [0.2, 0.25) is 5.02 Å². The Kier molecular flexibility index (Phi) is 7.67. The van der Waals surface area contributed by atoms with Crippen LogP contribution in [0.1, 0.15) is 45.4 Å². The Morgan fingerprint density at radius 2 is 1.82 bits per heavy atom. The minimum absolute atomic E-state index is 0.121. The molecule has 1 aromatic carbocycles. The minimum Gasteiger partial charge on any atom is -0.465 e. The summed E-state index contributed by atoms with van der Waals surface area (Å²) in [4.78, 5) is 45.2. The van der Waals surface area contributed by atoms with Crippen molar-refractivity contribution in [2.75, 3.05) is 31.2 Å². The van der Waals surface area contributed by atoms with Crippen molar-refractivity contribution in [1.82, 2.24) is 4.90 Å². The van der Waals surface area contributed by atoms with Crippen molar-refractivity contribution in [3.05, 3.63) is 53.6 Å². The highest BCUT2D eigenvalue weighted by atomic mass is 35.5. The fraction of sp³-hybridized carbons (Fsp3) is 0.552. The molecule has 5 atom stereocenters. The molecule has 204 valence electrons. The Morgan fingerprint density at radius 1 is 1.03 bits per heavy atom. The number of fused-ring (bicyclic) bond motifs is 2. The van der Waals surface area contributed by atoms with Crippen LogP contribution in [0.25, 0.3) is 0 Å². The second-order valence-corrected chi connectivity index (χ2v) is 11.1. The summed E-state index contributed by atoms with van der Waals surface area (Å²) >= 11 is 6.50. The summed E-state index contributed by atoms with van der Waals surface area (Å²) in [5.41, 5.74) is -1.86. The predicted octanol–water partition coefficient (Wildman–Crippen LogP) is 3.66. The normalized spacial score (nSPS) is 33.6. The second-order valence-electron chi connectivity index (χ2n) is 10.7. The number of ether oxygens (including phenoxy) is 2. The lowest BCUT2D eigenvalue weighted by Gasteiger charge is -2.37. The van der Waals surface area contributed by atoms with Crippen LogP contribution in [0.3, 0.4) is 0 Å². The molecule has 38 heavy (non-hydrogen) atoms. The summed E-state index contributed by atoms with van der Waals surface area (Å²) in [5, 5.41) is 9.57. The number of halogens is 1. The van der Waals surface area contributed by atoms with Gasteiger partial charge in [0.15, 0.2) is 0 Å². The number of para-hydroxylation sites is 1. The van der Waals surface area contributed by atoms with E-state index in [1.807, 2.05) is 37.3 Å². The van der Waals surface area contributed by atoms with E-state index < -0.39 is 35.0 Å². The van der Waals surface area contributed by atoms with Gasteiger partial charge in [-0.1, -0.05) is 60.9 Å². The number of unbranched alkanes of at least 4 members (excludes halogenated alkanes) is 3. The zero-order valence-corrected chi connectivity index (χ0v) is 22.4. The van der Waals surface area contributed by atoms with Gasteiger partial charge in [0.05, 0.1) is 28.8 Å². The van der Waals surface area contributed by atoms with Crippen molar-refractivity contribution in [1.29, 1.82) is 0 Å². The minimum atomic E-state index is -1.32. The lowest BCUT2D eigenvalue weighted by molar-refractivity contribution is -0.158. The molecule has 0 aliphatic carbocycles. The van der Waals surface area contributed by atoms with Gasteiger partial charge in [0.1, 0.15) is 17.6 Å². The lowest BCUT2D eigenvalue weighted by atomic mass is 9.74. The lowest BCUT2D eigenvalue weighted by Crippen LogP contribution is -2.56. The average molecular weight is 543 g/mol. The fourth-order valence-corrected chi connectivity index (χ4v) is 6.75. The first-order valence-electron chi connectivity index (χ1n) is 13.5. The van der Waals surface area contributed by atoms with Gasteiger partial charge in [-0.2, -0.15) is 0 Å². The topological polar surface area (TPSA) is 96.4 Å². The SMILES string of the molecule is C[C@]12/C=C\CCCOC(=O)[C@H]1[C@H]1C(=O)N(CCCCCCO)C3C(=O)N(c4ccccc4Cl)CC=C[C@@]31O2. The number of benzene rings is 1. The van der Waals surface area contributed by atoms with Crippen LogP contribution in [0, 0.1) is 11.8 Å². The summed E-state index contributed by atoms with van der Waals surface area (Å²) < 4.78 is 12.4. The van der Waals surface area contributed by atoms with Crippen molar-refractivity contribution in [3.63, 3.8) is 0 Å². The van der Waals surface area contributed by atoms with Crippen LogP contribution >= 0.6 is 11.6 Å². The van der Waals surface area contributed by atoms with Gasteiger partial charge < -0.3 is 24.4 Å². The summed E-state index contributed by atoms with van der Waals surface area (Å²) in [6.07, 6.45) is 11.9. The second kappa shape index (κ2) is 10.8. The standard InChI is InChI=1S/C29H35ClN2O6/c1-28-14-7-4-10-19-37-27(36)23(28)22-25(34)32(16-8-2-3-9-18-33)24-26(35)31(17-11-15-29(22,24)38-28)21-13-6-5-12-20(21)30/h5-7,11-15,22-24,33H,2-4,8-10,16-19H2,1H3/b14-7-/t22-,23+,24?,28-,29-/m0/s1. The van der Waals surface area contributed by atoms with Gasteiger partial charge in [-0.3, -0.25) is 14.4 Å². The highest BCUT2D eigenvalue weighted by molar-refractivity contribution is 6.34. The van der Waals surface area contributed by atoms with Crippen molar-refractivity contribution < 1.29 is 29.0 Å². The van der Waals surface area contributed by atoms with Crippen molar-refractivity contribution in [2.24, 2.45) is 11.8 Å². The molecule has 0 aromatic heterocycles. The number of allylic oxidation sites excluding steroid dienone is 1. The molecule has 0 radical (unpaired) electrons. The maximum Gasteiger partial charge on any atom is 0.313 e. The first-order valence-corrected chi connectivity index (χ1v) is 13.9. The van der Waals surface area contributed by atoms with Gasteiger partial charge in [-0.15, -0.1) is 0 Å². The number of amides is 2. The number of anilines is 1. The first-order chi connectivity index (χ1) is 18.3. The molecule has 1 unspecified atom stereocenters. The van der Waals surface area contributed by atoms with Crippen LogP contribution in [0.15, 0.2) is 48.6 Å². The summed E-state index contributed by atoms with van der Waals surface area (Å²) in [6, 6.07) is 6.18.